The lowest BCUT2D eigenvalue weighted by molar-refractivity contribution is -0.131. The summed E-state index contributed by atoms with van der Waals surface area (Å²) < 4.78 is 0. The van der Waals surface area contributed by atoms with Gasteiger partial charge in [0.15, 0.2) is 0 Å². The molecule has 2 fully saturated rings. The van der Waals surface area contributed by atoms with Crippen LogP contribution in [0.15, 0.2) is 24.3 Å². The number of likely N-dealkylation sites (N-methyl/N-ethyl adjacent to an activating group) is 1. The van der Waals surface area contributed by atoms with E-state index in [-0.39, 0.29) is 30.8 Å². The molecule has 3 aliphatic rings. The van der Waals surface area contributed by atoms with Gasteiger partial charge in [0.2, 0.25) is 11.8 Å². The van der Waals surface area contributed by atoms with Crippen molar-refractivity contribution in [2.45, 2.75) is 0 Å². The van der Waals surface area contributed by atoms with Crippen molar-refractivity contribution in [2.24, 2.45) is 11.8 Å². The minimum absolute atomic E-state index is 0.0420. The summed E-state index contributed by atoms with van der Waals surface area (Å²) in [5.74, 6) is 0.503. The maximum absolute atomic E-state index is 12.8. The second kappa shape index (κ2) is 6.15. The van der Waals surface area contributed by atoms with Crippen LogP contribution in [0, 0.1) is 11.8 Å². The standard InChI is InChI=1S/C18H22N4O3/c1-20-15-5-3-2-4-14(15)18(25)22(10-16(20)23)11-17(24)21-8-12-6-19-7-13(12)9-21/h2-5,12-13,19H,6-11H2,1H3/t12-,13+. The number of fused-ring (bicyclic) bond motifs is 2. The van der Waals surface area contributed by atoms with Crippen LogP contribution in [0.4, 0.5) is 5.69 Å². The summed E-state index contributed by atoms with van der Waals surface area (Å²) in [7, 11) is 1.66. The number of anilines is 1. The van der Waals surface area contributed by atoms with E-state index in [0.717, 1.165) is 26.2 Å². The molecule has 0 unspecified atom stereocenters. The van der Waals surface area contributed by atoms with E-state index in [1.165, 1.54) is 9.80 Å². The first-order valence-corrected chi connectivity index (χ1v) is 8.68. The minimum Gasteiger partial charge on any atom is -0.340 e. The molecule has 0 aliphatic carbocycles. The van der Waals surface area contributed by atoms with Crippen LogP contribution >= 0.6 is 0 Å². The van der Waals surface area contributed by atoms with E-state index in [4.69, 9.17) is 0 Å². The van der Waals surface area contributed by atoms with Crippen LogP contribution in [-0.4, -0.2) is 73.8 Å². The van der Waals surface area contributed by atoms with E-state index in [2.05, 4.69) is 5.32 Å². The lowest BCUT2D eigenvalue weighted by Gasteiger charge is -2.24. The van der Waals surface area contributed by atoms with Crippen molar-refractivity contribution in [1.29, 1.82) is 0 Å². The zero-order chi connectivity index (χ0) is 17.6. The van der Waals surface area contributed by atoms with Gasteiger partial charge in [0.25, 0.3) is 5.91 Å². The van der Waals surface area contributed by atoms with Crippen LogP contribution in [0.3, 0.4) is 0 Å². The molecule has 4 rings (SSSR count). The second-order valence-corrected chi connectivity index (χ2v) is 7.11. The van der Waals surface area contributed by atoms with Gasteiger partial charge in [-0.25, -0.2) is 0 Å². The Hall–Kier alpha value is -2.41. The Kier molecular flexibility index (Phi) is 3.95. The van der Waals surface area contributed by atoms with Crippen molar-refractivity contribution in [1.82, 2.24) is 15.1 Å². The zero-order valence-electron chi connectivity index (χ0n) is 14.3. The van der Waals surface area contributed by atoms with Gasteiger partial charge in [-0.2, -0.15) is 0 Å². The predicted octanol–water partition coefficient (Wildman–Crippen LogP) is -0.217. The van der Waals surface area contributed by atoms with Gasteiger partial charge in [0.1, 0.15) is 13.1 Å². The number of rotatable bonds is 2. The quantitative estimate of drug-likeness (QED) is 0.807. The van der Waals surface area contributed by atoms with Gasteiger partial charge in [-0.15, -0.1) is 0 Å². The smallest absolute Gasteiger partial charge is 0.256 e. The number of amides is 3. The molecule has 0 bridgehead atoms. The summed E-state index contributed by atoms with van der Waals surface area (Å²) in [6, 6.07) is 7.03. The summed E-state index contributed by atoms with van der Waals surface area (Å²) in [6.07, 6.45) is 0. The van der Waals surface area contributed by atoms with Crippen LogP contribution in [0.1, 0.15) is 10.4 Å². The van der Waals surface area contributed by atoms with Crippen molar-refractivity contribution in [3.63, 3.8) is 0 Å². The molecular formula is C18H22N4O3. The van der Waals surface area contributed by atoms with Crippen molar-refractivity contribution in [2.75, 3.05) is 51.2 Å². The third-order valence-electron chi connectivity index (χ3n) is 5.55. The Balaban J connectivity index is 1.51. The van der Waals surface area contributed by atoms with Crippen molar-refractivity contribution in [3.8, 4) is 0 Å². The minimum atomic E-state index is -0.261. The van der Waals surface area contributed by atoms with Gasteiger partial charge >= 0.3 is 0 Å². The fraction of sp³-hybridized carbons (Fsp3) is 0.500. The van der Waals surface area contributed by atoms with E-state index < -0.39 is 0 Å². The van der Waals surface area contributed by atoms with Crippen LogP contribution < -0.4 is 10.2 Å². The molecule has 1 N–H and O–H groups in total. The van der Waals surface area contributed by atoms with Crippen molar-refractivity contribution >= 4 is 23.4 Å². The van der Waals surface area contributed by atoms with E-state index >= 15 is 0 Å². The molecule has 25 heavy (non-hydrogen) atoms. The second-order valence-electron chi connectivity index (χ2n) is 7.11. The molecule has 3 heterocycles. The van der Waals surface area contributed by atoms with E-state index in [0.29, 0.717) is 23.1 Å². The van der Waals surface area contributed by atoms with E-state index in [1.54, 1.807) is 31.3 Å². The van der Waals surface area contributed by atoms with Gasteiger partial charge in [-0.1, -0.05) is 12.1 Å². The topological polar surface area (TPSA) is 73.0 Å². The van der Waals surface area contributed by atoms with Gasteiger partial charge in [0, 0.05) is 33.2 Å². The summed E-state index contributed by atoms with van der Waals surface area (Å²) >= 11 is 0. The predicted molar refractivity (Wildman–Crippen MR) is 92.2 cm³/mol. The number of benzene rings is 1. The van der Waals surface area contributed by atoms with Gasteiger partial charge in [-0.05, 0) is 24.0 Å². The maximum Gasteiger partial charge on any atom is 0.256 e. The molecule has 0 spiro atoms. The van der Waals surface area contributed by atoms with Gasteiger partial charge in [0.05, 0.1) is 11.3 Å². The number of carbonyl (C=O) groups excluding carboxylic acids is 3. The first-order chi connectivity index (χ1) is 12.0. The highest BCUT2D eigenvalue weighted by atomic mass is 16.2. The van der Waals surface area contributed by atoms with Gasteiger partial charge < -0.3 is 20.0 Å². The van der Waals surface area contributed by atoms with Crippen LogP contribution in [-0.2, 0) is 9.59 Å². The Bertz CT molecular complexity index is 723. The first kappa shape index (κ1) is 16.1. The number of nitrogens with zero attached hydrogens (tertiary/aromatic N) is 3. The highest BCUT2D eigenvalue weighted by Gasteiger charge is 2.39. The lowest BCUT2D eigenvalue weighted by atomic mass is 10.0. The molecule has 1 aromatic carbocycles. The molecule has 0 radical (unpaired) electrons. The van der Waals surface area contributed by atoms with Crippen LogP contribution in [0.25, 0.3) is 0 Å². The Morgan fingerprint density at radius 1 is 1.16 bits per heavy atom. The fourth-order valence-corrected chi connectivity index (χ4v) is 4.04. The lowest BCUT2D eigenvalue weighted by Crippen LogP contribution is -2.45. The molecule has 2 saturated heterocycles. The molecule has 3 aliphatic heterocycles. The van der Waals surface area contributed by atoms with Crippen LogP contribution in [0.5, 0.6) is 0 Å². The molecular weight excluding hydrogens is 320 g/mol. The summed E-state index contributed by atoms with van der Waals surface area (Å²) in [4.78, 5) is 42.6. The molecule has 1 aromatic rings. The summed E-state index contributed by atoms with van der Waals surface area (Å²) in [5.41, 5.74) is 1.06. The van der Waals surface area contributed by atoms with Crippen LogP contribution in [0.2, 0.25) is 0 Å². The number of carbonyl (C=O) groups is 3. The number of hydrogen-bond donors (Lipinski definition) is 1. The third kappa shape index (κ3) is 2.78. The number of likely N-dealkylation sites (tertiary alicyclic amines) is 1. The highest BCUT2D eigenvalue weighted by molar-refractivity contribution is 6.10. The number of hydrogen-bond acceptors (Lipinski definition) is 4. The Labute approximate surface area is 146 Å². The first-order valence-electron chi connectivity index (χ1n) is 8.68. The highest BCUT2D eigenvalue weighted by Crippen LogP contribution is 2.27. The monoisotopic (exact) mass is 342 g/mol. The fourth-order valence-electron chi connectivity index (χ4n) is 4.04. The maximum atomic E-state index is 12.8. The molecule has 0 saturated carbocycles. The molecule has 0 aromatic heterocycles. The Morgan fingerprint density at radius 3 is 2.56 bits per heavy atom. The third-order valence-corrected chi connectivity index (χ3v) is 5.55. The summed E-state index contributed by atoms with van der Waals surface area (Å²) in [6.45, 7) is 3.27. The molecule has 3 amide bonds. The molecule has 7 nitrogen and oxygen atoms in total. The Morgan fingerprint density at radius 2 is 1.84 bits per heavy atom. The normalized spacial score (nSPS) is 25.9. The largest absolute Gasteiger partial charge is 0.340 e. The van der Waals surface area contributed by atoms with Crippen molar-refractivity contribution < 1.29 is 14.4 Å². The zero-order valence-corrected chi connectivity index (χ0v) is 14.3. The van der Waals surface area contributed by atoms with Gasteiger partial charge in [-0.3, -0.25) is 14.4 Å². The van der Waals surface area contributed by atoms with Crippen molar-refractivity contribution in [3.05, 3.63) is 29.8 Å². The van der Waals surface area contributed by atoms with E-state index in [1.807, 2.05) is 4.90 Å². The summed E-state index contributed by atoms with van der Waals surface area (Å²) in [5, 5.41) is 3.35. The number of nitrogens with one attached hydrogen (secondary N) is 1. The number of para-hydroxylation sites is 1. The molecule has 2 atom stereocenters. The average molecular weight is 342 g/mol. The van der Waals surface area contributed by atoms with E-state index in [9.17, 15) is 14.4 Å². The average Bonchev–Trinajstić information content (AvgIpc) is 3.19. The molecule has 7 heteroatoms. The molecule has 132 valence electrons. The SMILES string of the molecule is CN1C(=O)CN(CC(=O)N2C[C@H]3CNC[C@H]3C2)C(=O)c2ccccc21.